The molecule has 0 amide bonds. The minimum Gasteiger partial charge on any atom is -0.354 e. The highest BCUT2D eigenvalue weighted by Crippen LogP contribution is 2.18. The van der Waals surface area contributed by atoms with Gasteiger partial charge in [-0.25, -0.2) is 0 Å². The maximum absolute atomic E-state index is 4.53. The number of hydrogen-bond acceptors (Lipinski definition) is 3. The second-order valence-corrected chi connectivity index (χ2v) is 8.05. The van der Waals surface area contributed by atoms with E-state index in [1.165, 1.54) is 22.4 Å². The molecule has 0 aliphatic carbocycles. The van der Waals surface area contributed by atoms with Crippen LogP contribution in [-0.4, -0.2) is 54.4 Å². The van der Waals surface area contributed by atoms with Crippen molar-refractivity contribution in [2.24, 2.45) is 12.0 Å². The Bertz CT molecular complexity index is 804. The summed E-state index contributed by atoms with van der Waals surface area (Å²) in [6.07, 6.45) is 1.98. The normalized spacial score (nSPS) is 14.2. The number of likely N-dealkylation sites (N-methyl/N-ethyl adjacent to an activating group) is 1. The first kappa shape index (κ1) is 22.9. The van der Waals surface area contributed by atoms with Gasteiger partial charge >= 0.3 is 0 Å². The average molecular weight is 399 g/mol. The lowest BCUT2D eigenvalue weighted by Crippen LogP contribution is -2.45. The fourth-order valence-corrected chi connectivity index (χ4v) is 3.67. The molecule has 0 radical (unpaired) electrons. The van der Waals surface area contributed by atoms with Crippen molar-refractivity contribution in [2.45, 2.75) is 52.6 Å². The lowest BCUT2D eigenvalue weighted by Gasteiger charge is -2.27. The highest BCUT2D eigenvalue weighted by Gasteiger charge is 2.17. The Morgan fingerprint density at radius 1 is 1.21 bits per heavy atom. The van der Waals surface area contributed by atoms with E-state index >= 15 is 0 Å². The Labute approximate surface area is 176 Å². The van der Waals surface area contributed by atoms with Gasteiger partial charge in [0.05, 0.1) is 11.7 Å². The zero-order valence-electron chi connectivity index (χ0n) is 19.4. The molecule has 1 aromatic heterocycles. The van der Waals surface area contributed by atoms with Crippen molar-refractivity contribution >= 4 is 5.96 Å². The number of guanidine groups is 1. The summed E-state index contributed by atoms with van der Waals surface area (Å²) in [5.74, 6) is 0.828. The Kier molecular flexibility index (Phi) is 8.26. The van der Waals surface area contributed by atoms with Crippen LogP contribution in [0.4, 0.5) is 0 Å². The Morgan fingerprint density at radius 2 is 1.86 bits per heavy atom. The molecule has 2 atom stereocenters. The van der Waals surface area contributed by atoms with Crippen LogP contribution in [0.15, 0.2) is 29.3 Å². The molecule has 0 saturated carbocycles. The number of rotatable bonds is 8. The molecular formula is C23H38N6. The van der Waals surface area contributed by atoms with Crippen LogP contribution in [0.5, 0.6) is 0 Å². The molecule has 1 aromatic carbocycles. The van der Waals surface area contributed by atoms with Crippen molar-refractivity contribution in [1.82, 2.24) is 25.3 Å². The van der Waals surface area contributed by atoms with Crippen molar-refractivity contribution < 1.29 is 0 Å². The third kappa shape index (κ3) is 6.07. The highest BCUT2D eigenvalue weighted by atomic mass is 15.3. The van der Waals surface area contributed by atoms with Crippen LogP contribution in [0, 0.1) is 13.8 Å². The molecule has 2 unspecified atom stereocenters. The van der Waals surface area contributed by atoms with Gasteiger partial charge in [-0.1, -0.05) is 31.2 Å². The Balaban J connectivity index is 1.98. The number of benzene rings is 1. The molecule has 0 fully saturated rings. The molecule has 0 bridgehead atoms. The van der Waals surface area contributed by atoms with E-state index in [-0.39, 0.29) is 12.1 Å². The van der Waals surface area contributed by atoms with E-state index < -0.39 is 0 Å². The van der Waals surface area contributed by atoms with Crippen molar-refractivity contribution in [2.75, 3.05) is 27.7 Å². The summed E-state index contributed by atoms with van der Waals surface area (Å²) in [5.41, 5.74) is 6.31. The van der Waals surface area contributed by atoms with Crippen LogP contribution in [0.2, 0.25) is 0 Å². The van der Waals surface area contributed by atoms with Crippen LogP contribution in [0.3, 0.4) is 0 Å². The maximum Gasteiger partial charge on any atom is 0.191 e. The van der Waals surface area contributed by atoms with E-state index in [0.717, 1.165) is 31.0 Å². The molecule has 2 N–H and O–H groups in total. The topological polar surface area (TPSA) is 57.5 Å². The summed E-state index contributed by atoms with van der Waals surface area (Å²) < 4.78 is 1.95. The second kappa shape index (κ2) is 10.4. The first-order chi connectivity index (χ1) is 13.8. The van der Waals surface area contributed by atoms with Crippen molar-refractivity contribution in [3.8, 4) is 0 Å². The lowest BCUT2D eigenvalue weighted by molar-refractivity contribution is 0.298. The summed E-state index contributed by atoms with van der Waals surface area (Å²) >= 11 is 0. The average Bonchev–Trinajstić information content (AvgIpc) is 2.93. The summed E-state index contributed by atoms with van der Waals surface area (Å²) in [6.45, 7) is 9.36. The zero-order chi connectivity index (χ0) is 21.6. The van der Waals surface area contributed by atoms with E-state index in [0.29, 0.717) is 0 Å². The predicted octanol–water partition coefficient (Wildman–Crippen LogP) is 3.00. The molecule has 1 heterocycles. The summed E-state index contributed by atoms with van der Waals surface area (Å²) in [4.78, 5) is 6.67. The SMILES string of the molecule is CCc1ccc(C(CNC(=NC)NC(C)Cc2c(C)nn(C)c2C)N(C)C)cc1. The second-order valence-electron chi connectivity index (χ2n) is 8.05. The fraction of sp³-hybridized carbons (Fsp3) is 0.565. The van der Waals surface area contributed by atoms with Crippen LogP contribution >= 0.6 is 0 Å². The largest absolute Gasteiger partial charge is 0.354 e. The maximum atomic E-state index is 4.53. The van der Waals surface area contributed by atoms with Gasteiger partial charge in [-0.05, 0) is 64.4 Å². The van der Waals surface area contributed by atoms with Gasteiger partial charge in [0.2, 0.25) is 0 Å². The van der Waals surface area contributed by atoms with Crippen molar-refractivity contribution in [1.29, 1.82) is 0 Å². The van der Waals surface area contributed by atoms with Gasteiger partial charge in [0.15, 0.2) is 5.96 Å². The van der Waals surface area contributed by atoms with Crippen LogP contribution < -0.4 is 10.6 Å². The van der Waals surface area contributed by atoms with Gasteiger partial charge in [-0.3, -0.25) is 9.67 Å². The van der Waals surface area contributed by atoms with E-state index in [1.54, 1.807) is 0 Å². The number of nitrogens with one attached hydrogen (secondary N) is 2. The summed E-state index contributed by atoms with van der Waals surface area (Å²) in [5, 5.41) is 11.6. The fourth-order valence-electron chi connectivity index (χ4n) is 3.67. The molecule has 6 heteroatoms. The minimum absolute atomic E-state index is 0.254. The quantitative estimate of drug-likeness (QED) is 0.530. The molecule has 0 aliphatic rings. The molecule has 0 saturated heterocycles. The molecule has 160 valence electrons. The number of nitrogens with zero attached hydrogens (tertiary/aromatic N) is 4. The van der Waals surface area contributed by atoms with Gasteiger partial charge in [0.25, 0.3) is 0 Å². The molecule has 2 rings (SSSR count). The monoisotopic (exact) mass is 398 g/mol. The number of hydrogen-bond donors (Lipinski definition) is 2. The third-order valence-electron chi connectivity index (χ3n) is 5.63. The van der Waals surface area contributed by atoms with E-state index in [9.17, 15) is 0 Å². The standard InChI is InChI=1S/C23H38N6/c1-9-19-10-12-20(13-11-19)22(28(6)7)15-25-23(24-5)26-16(2)14-21-17(3)27-29(8)18(21)4/h10-13,16,22H,9,14-15H2,1-8H3,(H2,24,25,26). The molecule has 2 aromatic rings. The van der Waals surface area contributed by atoms with E-state index in [1.807, 2.05) is 18.8 Å². The molecular weight excluding hydrogens is 360 g/mol. The van der Waals surface area contributed by atoms with Crippen LogP contribution in [-0.2, 0) is 19.9 Å². The first-order valence-corrected chi connectivity index (χ1v) is 10.5. The molecule has 6 nitrogen and oxygen atoms in total. The Hall–Kier alpha value is -2.34. The molecule has 0 spiro atoms. The lowest BCUT2D eigenvalue weighted by atomic mass is 10.0. The summed E-state index contributed by atoms with van der Waals surface area (Å²) in [6, 6.07) is 9.44. The van der Waals surface area contributed by atoms with Crippen molar-refractivity contribution in [3.05, 3.63) is 52.3 Å². The molecule has 29 heavy (non-hydrogen) atoms. The number of aliphatic imine (C=N–C) groups is 1. The third-order valence-corrected chi connectivity index (χ3v) is 5.63. The van der Waals surface area contributed by atoms with E-state index in [4.69, 9.17) is 0 Å². The highest BCUT2D eigenvalue weighted by molar-refractivity contribution is 5.80. The van der Waals surface area contributed by atoms with Crippen molar-refractivity contribution in [3.63, 3.8) is 0 Å². The van der Waals surface area contributed by atoms with Gasteiger partial charge in [0.1, 0.15) is 0 Å². The summed E-state index contributed by atoms with van der Waals surface area (Å²) in [7, 11) is 8.06. The molecule has 0 aliphatic heterocycles. The first-order valence-electron chi connectivity index (χ1n) is 10.5. The van der Waals surface area contributed by atoms with Gasteiger partial charge in [0, 0.05) is 32.4 Å². The predicted molar refractivity (Wildman–Crippen MR) is 123 cm³/mol. The van der Waals surface area contributed by atoms with Gasteiger partial charge in [-0.2, -0.15) is 5.10 Å². The van der Waals surface area contributed by atoms with Gasteiger partial charge in [-0.15, -0.1) is 0 Å². The van der Waals surface area contributed by atoms with Gasteiger partial charge < -0.3 is 15.5 Å². The number of aryl methyl sites for hydroxylation is 3. The smallest absolute Gasteiger partial charge is 0.191 e. The minimum atomic E-state index is 0.254. The number of aromatic nitrogens is 2. The Morgan fingerprint density at radius 3 is 2.34 bits per heavy atom. The van der Waals surface area contributed by atoms with E-state index in [2.05, 4.69) is 91.7 Å². The zero-order valence-corrected chi connectivity index (χ0v) is 19.4. The van der Waals surface area contributed by atoms with Crippen LogP contribution in [0.1, 0.15) is 48.0 Å². The van der Waals surface area contributed by atoms with Crippen LogP contribution in [0.25, 0.3) is 0 Å².